The Kier molecular flexibility index (Phi) is 7.06. The number of aryl methyl sites for hydroxylation is 1. The van der Waals surface area contributed by atoms with E-state index >= 15 is 0 Å². The van der Waals surface area contributed by atoms with Crippen molar-refractivity contribution >= 4 is 28.4 Å². The van der Waals surface area contributed by atoms with Crippen molar-refractivity contribution in [2.24, 2.45) is 0 Å². The summed E-state index contributed by atoms with van der Waals surface area (Å²) in [6, 6.07) is 11.5. The topological polar surface area (TPSA) is 39.3 Å². The van der Waals surface area contributed by atoms with Gasteiger partial charge in [-0.15, -0.1) is 0 Å². The van der Waals surface area contributed by atoms with Gasteiger partial charge in [0.15, 0.2) is 5.78 Å². The molecule has 1 aliphatic heterocycles. The number of hydrogen-bond acceptors (Lipinski definition) is 3. The number of hydrogen-bond donors (Lipinski definition) is 1. The Labute approximate surface area is 222 Å². The van der Waals surface area contributed by atoms with Crippen LogP contribution in [0.4, 0.5) is 5.69 Å². The van der Waals surface area contributed by atoms with E-state index in [0.29, 0.717) is 6.04 Å². The number of piperidine rings is 1. The van der Waals surface area contributed by atoms with Crippen LogP contribution in [0, 0.1) is 0 Å². The van der Waals surface area contributed by atoms with Crippen LogP contribution in [0.25, 0.3) is 17.0 Å². The first-order chi connectivity index (χ1) is 17.8. The molecule has 1 saturated heterocycles. The Morgan fingerprint density at radius 2 is 1.78 bits per heavy atom. The van der Waals surface area contributed by atoms with Crippen molar-refractivity contribution in [2.45, 2.75) is 78.2 Å². The van der Waals surface area contributed by atoms with Crippen LogP contribution in [0.3, 0.4) is 0 Å². The number of aromatic amines is 1. The van der Waals surface area contributed by atoms with Crippen LogP contribution in [0.15, 0.2) is 36.9 Å². The van der Waals surface area contributed by atoms with Gasteiger partial charge in [0.1, 0.15) is 0 Å². The van der Waals surface area contributed by atoms with E-state index in [1.54, 1.807) is 0 Å². The van der Waals surface area contributed by atoms with E-state index in [4.69, 9.17) is 0 Å². The van der Waals surface area contributed by atoms with Crippen LogP contribution in [0.1, 0.15) is 98.6 Å². The second kappa shape index (κ2) is 10.1. The number of ketones is 1. The largest absolute Gasteiger partial charge is 0.371 e. The van der Waals surface area contributed by atoms with Crippen molar-refractivity contribution < 1.29 is 4.79 Å². The number of rotatable bonds is 8. The maximum absolute atomic E-state index is 14.0. The lowest BCUT2D eigenvalue weighted by molar-refractivity contribution is 0.103. The molecule has 0 saturated carbocycles. The number of nitrogens with zero attached hydrogens (tertiary/aromatic N) is 2. The summed E-state index contributed by atoms with van der Waals surface area (Å²) in [6.45, 7) is 19.8. The standard InChI is InChI=1S/C33H43N3O/c1-7-15-35(16-8-2)24-13-17-36(18-14-24)29-21-27-26(20-23(29)10-4)31(37)30-25-12-11-22(9-3)19-28(25)34-32(30)33(27,5)6/h9,11-12,19-21,24,34H,3,7-8,10,13-18H2,1-2,4-6H3. The predicted octanol–water partition coefficient (Wildman–Crippen LogP) is 7.33. The highest BCUT2D eigenvalue weighted by molar-refractivity contribution is 6.20. The summed E-state index contributed by atoms with van der Waals surface area (Å²) < 4.78 is 0. The molecule has 5 rings (SSSR count). The van der Waals surface area contributed by atoms with Gasteiger partial charge in [-0.25, -0.2) is 0 Å². The van der Waals surface area contributed by atoms with Crippen LogP contribution < -0.4 is 4.90 Å². The van der Waals surface area contributed by atoms with Crippen LogP contribution in [-0.4, -0.2) is 47.9 Å². The Morgan fingerprint density at radius 1 is 1.08 bits per heavy atom. The Hall–Kier alpha value is -2.85. The SMILES string of the molecule is C=Cc1ccc2c3c([nH]c2c1)C(C)(C)c1cc(N2CCC(N(CCC)CCC)CC2)c(CC)cc1C3=O. The monoisotopic (exact) mass is 497 g/mol. The molecule has 0 spiro atoms. The quantitative estimate of drug-likeness (QED) is 0.354. The minimum absolute atomic E-state index is 0.150. The lowest BCUT2D eigenvalue weighted by atomic mass is 9.70. The van der Waals surface area contributed by atoms with E-state index in [1.165, 1.54) is 50.0 Å². The number of nitrogens with one attached hydrogen (secondary N) is 1. The zero-order valence-electron chi connectivity index (χ0n) is 23.4. The summed E-state index contributed by atoms with van der Waals surface area (Å²) in [5, 5.41) is 1.01. The Balaban J connectivity index is 1.51. The van der Waals surface area contributed by atoms with Crippen LogP contribution in [0.2, 0.25) is 0 Å². The minimum Gasteiger partial charge on any atom is -0.371 e. The summed E-state index contributed by atoms with van der Waals surface area (Å²) in [4.78, 5) is 22.9. The van der Waals surface area contributed by atoms with Crippen molar-refractivity contribution in [3.63, 3.8) is 0 Å². The molecule has 2 heterocycles. The molecule has 2 aromatic carbocycles. The molecular weight excluding hydrogens is 454 g/mol. The van der Waals surface area contributed by atoms with Gasteiger partial charge in [-0.2, -0.15) is 0 Å². The van der Waals surface area contributed by atoms with Crippen LogP contribution in [0.5, 0.6) is 0 Å². The Morgan fingerprint density at radius 3 is 2.41 bits per heavy atom. The molecule has 2 aliphatic rings. The van der Waals surface area contributed by atoms with Gasteiger partial charge >= 0.3 is 0 Å². The fourth-order valence-corrected chi connectivity index (χ4v) is 6.75. The minimum atomic E-state index is -0.287. The molecule has 1 aliphatic carbocycles. The average molecular weight is 498 g/mol. The van der Waals surface area contributed by atoms with Crippen molar-refractivity contribution in [2.75, 3.05) is 31.1 Å². The molecule has 0 radical (unpaired) electrons. The predicted molar refractivity (Wildman–Crippen MR) is 157 cm³/mol. The third kappa shape index (κ3) is 4.33. The zero-order chi connectivity index (χ0) is 26.3. The average Bonchev–Trinajstić information content (AvgIpc) is 3.31. The molecule has 4 heteroatoms. The lowest BCUT2D eigenvalue weighted by Crippen LogP contribution is -2.46. The van der Waals surface area contributed by atoms with Gasteiger partial charge in [-0.3, -0.25) is 4.79 Å². The van der Waals surface area contributed by atoms with Crippen LogP contribution >= 0.6 is 0 Å². The highest BCUT2D eigenvalue weighted by atomic mass is 16.1. The maximum atomic E-state index is 14.0. The van der Waals surface area contributed by atoms with Crippen LogP contribution in [-0.2, 0) is 11.8 Å². The van der Waals surface area contributed by atoms with E-state index in [1.807, 2.05) is 12.1 Å². The van der Waals surface area contributed by atoms with Gasteiger partial charge in [0.05, 0.1) is 5.56 Å². The molecule has 1 N–H and O–H groups in total. The van der Waals surface area contributed by atoms with Gasteiger partial charge in [0, 0.05) is 52.4 Å². The number of carbonyl (C=O) groups is 1. The smallest absolute Gasteiger partial charge is 0.195 e. The molecule has 4 nitrogen and oxygen atoms in total. The summed E-state index contributed by atoms with van der Waals surface area (Å²) >= 11 is 0. The number of aromatic nitrogens is 1. The Bertz CT molecular complexity index is 1320. The molecule has 0 atom stereocenters. The molecule has 1 fully saturated rings. The van der Waals surface area contributed by atoms with E-state index in [2.05, 4.69) is 80.2 Å². The van der Waals surface area contributed by atoms with Crippen molar-refractivity contribution in [3.05, 3.63) is 70.4 Å². The number of carbonyl (C=O) groups excluding carboxylic acids is 1. The van der Waals surface area contributed by atoms with Gasteiger partial charge in [-0.05, 0) is 80.1 Å². The van der Waals surface area contributed by atoms with E-state index < -0.39 is 0 Å². The summed E-state index contributed by atoms with van der Waals surface area (Å²) in [5.41, 5.74) is 8.29. The molecule has 37 heavy (non-hydrogen) atoms. The molecule has 196 valence electrons. The summed E-state index contributed by atoms with van der Waals surface area (Å²) in [6.07, 6.45) is 7.64. The van der Waals surface area contributed by atoms with E-state index in [9.17, 15) is 4.79 Å². The van der Waals surface area contributed by atoms with Gasteiger partial charge in [0.25, 0.3) is 0 Å². The normalized spacial score (nSPS) is 17.4. The molecule has 0 bridgehead atoms. The van der Waals surface area contributed by atoms with E-state index in [0.717, 1.165) is 58.4 Å². The molecule has 3 aromatic rings. The van der Waals surface area contributed by atoms with Crippen molar-refractivity contribution in [1.29, 1.82) is 0 Å². The highest BCUT2D eigenvalue weighted by Crippen LogP contribution is 2.46. The van der Waals surface area contributed by atoms with E-state index in [-0.39, 0.29) is 11.2 Å². The number of benzene rings is 2. The molecule has 1 aromatic heterocycles. The highest BCUT2D eigenvalue weighted by Gasteiger charge is 2.40. The van der Waals surface area contributed by atoms with Crippen molar-refractivity contribution in [1.82, 2.24) is 9.88 Å². The first-order valence-corrected chi connectivity index (χ1v) is 14.3. The molecule has 0 unspecified atom stereocenters. The van der Waals surface area contributed by atoms with Gasteiger partial charge in [0.2, 0.25) is 0 Å². The molecular formula is C33H43N3O. The zero-order valence-corrected chi connectivity index (χ0v) is 23.4. The van der Waals surface area contributed by atoms with Crippen molar-refractivity contribution in [3.8, 4) is 0 Å². The molecule has 0 amide bonds. The number of anilines is 1. The first-order valence-electron chi connectivity index (χ1n) is 14.3. The third-order valence-corrected chi connectivity index (χ3v) is 8.77. The summed E-state index contributed by atoms with van der Waals surface area (Å²) in [5.74, 6) is 0.150. The summed E-state index contributed by atoms with van der Waals surface area (Å²) in [7, 11) is 0. The van der Waals surface area contributed by atoms with Gasteiger partial charge in [-0.1, -0.05) is 59.4 Å². The second-order valence-electron chi connectivity index (χ2n) is 11.5. The second-order valence-corrected chi connectivity index (χ2v) is 11.5. The maximum Gasteiger partial charge on any atom is 0.195 e. The lowest BCUT2D eigenvalue weighted by Gasteiger charge is -2.41. The number of H-pyrrole nitrogens is 1. The first kappa shape index (κ1) is 25.8. The number of fused-ring (bicyclic) bond motifs is 4. The third-order valence-electron chi connectivity index (χ3n) is 8.77. The van der Waals surface area contributed by atoms with Gasteiger partial charge < -0.3 is 14.8 Å². The fourth-order valence-electron chi connectivity index (χ4n) is 6.75. The fraction of sp³-hybridized carbons (Fsp3) is 0.485.